The van der Waals surface area contributed by atoms with Gasteiger partial charge in [-0.2, -0.15) is 5.10 Å². The molecule has 1 aliphatic heterocycles. The molecular weight excluding hydrogens is 326 g/mol. The van der Waals surface area contributed by atoms with Crippen LogP contribution in [0.3, 0.4) is 0 Å². The van der Waals surface area contributed by atoms with E-state index >= 15 is 0 Å². The van der Waals surface area contributed by atoms with Gasteiger partial charge >= 0.3 is 6.03 Å². The number of nitrogens with zero attached hydrogens (tertiary/aromatic N) is 3. The largest absolute Gasteiger partial charge is 0.344 e. The van der Waals surface area contributed by atoms with Gasteiger partial charge in [-0.25, -0.2) is 10.3 Å². The van der Waals surface area contributed by atoms with E-state index in [0.29, 0.717) is 36.3 Å². The van der Waals surface area contributed by atoms with Crippen LogP contribution in [0.5, 0.6) is 0 Å². The molecule has 22 heavy (non-hydrogen) atoms. The van der Waals surface area contributed by atoms with E-state index in [4.69, 9.17) is 29.0 Å². The van der Waals surface area contributed by atoms with E-state index in [1.54, 1.807) is 17.8 Å². The van der Waals surface area contributed by atoms with Gasteiger partial charge in [0, 0.05) is 36.8 Å². The molecule has 1 aromatic rings. The molecule has 3 N–H and O–H groups in total. The Balaban J connectivity index is 1.81. The maximum absolute atomic E-state index is 11.3. The third-order valence-corrected chi connectivity index (χ3v) is 3.91. The molecule has 1 heterocycles. The fraction of sp³-hybridized carbons (Fsp3) is 0.308. The summed E-state index contributed by atoms with van der Waals surface area (Å²) in [6.07, 6.45) is 1.60. The van der Waals surface area contributed by atoms with E-state index in [0.717, 1.165) is 5.56 Å². The van der Waals surface area contributed by atoms with Crippen LogP contribution in [0.25, 0.3) is 0 Å². The van der Waals surface area contributed by atoms with Gasteiger partial charge in [0.05, 0.1) is 6.21 Å². The van der Waals surface area contributed by atoms with Gasteiger partial charge < -0.3 is 9.80 Å². The number of hydrogen-bond donors (Lipinski definition) is 3. The van der Waals surface area contributed by atoms with Gasteiger partial charge in [-0.15, -0.1) is 0 Å². The molecule has 2 amide bonds. The first-order valence-electron chi connectivity index (χ1n) is 6.63. The molecule has 7 nitrogen and oxygen atoms in total. The van der Waals surface area contributed by atoms with Gasteiger partial charge in [0.25, 0.3) is 0 Å². The van der Waals surface area contributed by atoms with Crippen LogP contribution in [-0.2, 0) is 0 Å². The lowest BCUT2D eigenvalue weighted by atomic mass is 10.2. The number of halogens is 1. The second kappa shape index (κ2) is 7.92. The van der Waals surface area contributed by atoms with E-state index in [-0.39, 0.29) is 0 Å². The number of hydroxylamine groups is 1. The lowest BCUT2D eigenvalue weighted by Gasteiger charge is -2.35. The molecule has 1 fully saturated rings. The molecule has 118 valence electrons. The summed E-state index contributed by atoms with van der Waals surface area (Å²) in [5.74, 6) is 0. The van der Waals surface area contributed by atoms with Crippen molar-refractivity contribution in [1.29, 1.82) is 0 Å². The summed E-state index contributed by atoms with van der Waals surface area (Å²) >= 11 is 11.3. The molecule has 0 bridgehead atoms. The Labute approximate surface area is 138 Å². The van der Waals surface area contributed by atoms with Crippen LogP contribution in [0.1, 0.15) is 5.56 Å². The highest BCUT2D eigenvalue weighted by Gasteiger charge is 2.21. The molecule has 0 atom stereocenters. The van der Waals surface area contributed by atoms with Gasteiger partial charge in [0.1, 0.15) is 0 Å². The molecule has 2 rings (SSSR count). The van der Waals surface area contributed by atoms with Crippen LogP contribution in [0, 0.1) is 0 Å². The second-order valence-corrected chi connectivity index (χ2v) is 5.38. The van der Waals surface area contributed by atoms with Gasteiger partial charge in [-0.3, -0.25) is 10.6 Å². The average molecular weight is 342 g/mol. The first kappa shape index (κ1) is 16.5. The molecule has 0 unspecified atom stereocenters. The smallest absolute Gasteiger partial charge is 0.341 e. The van der Waals surface area contributed by atoms with E-state index in [1.807, 2.05) is 23.1 Å². The molecule has 0 aromatic heterocycles. The summed E-state index contributed by atoms with van der Waals surface area (Å²) < 4.78 is 0. The SMILES string of the molecule is O=C(NO)N1CCN(C(=S)N/N=C/c2ccccc2Cl)CC1. The number of thiocarbonyl (C=S) groups is 1. The number of hydrazone groups is 1. The summed E-state index contributed by atoms with van der Waals surface area (Å²) in [5.41, 5.74) is 5.20. The van der Waals surface area contributed by atoms with Crippen molar-refractivity contribution in [2.45, 2.75) is 0 Å². The summed E-state index contributed by atoms with van der Waals surface area (Å²) in [7, 11) is 0. The topological polar surface area (TPSA) is 80.2 Å². The van der Waals surface area contributed by atoms with Gasteiger partial charge in [0.2, 0.25) is 0 Å². The fourth-order valence-corrected chi connectivity index (χ4v) is 2.41. The third kappa shape index (κ3) is 4.30. The highest BCUT2D eigenvalue weighted by Crippen LogP contribution is 2.12. The van der Waals surface area contributed by atoms with Crippen molar-refractivity contribution in [2.24, 2.45) is 5.10 Å². The standard InChI is InChI=1S/C13H16ClN5O2S/c14-11-4-2-1-3-10(11)9-15-16-13(22)19-7-5-18(6-8-19)12(20)17-21/h1-4,9,21H,5-8H2,(H,16,22)(H,17,20)/b15-9+. The summed E-state index contributed by atoms with van der Waals surface area (Å²) in [6.45, 7) is 2.09. The third-order valence-electron chi connectivity index (χ3n) is 3.22. The van der Waals surface area contributed by atoms with E-state index in [1.165, 1.54) is 4.90 Å². The van der Waals surface area contributed by atoms with Crippen LogP contribution in [0.4, 0.5) is 4.79 Å². The first-order valence-corrected chi connectivity index (χ1v) is 7.42. The normalized spacial score (nSPS) is 15.0. The molecule has 0 spiro atoms. The Bertz CT molecular complexity index is 575. The quantitative estimate of drug-likeness (QED) is 0.327. The van der Waals surface area contributed by atoms with Crippen LogP contribution >= 0.6 is 23.8 Å². The number of nitrogens with one attached hydrogen (secondary N) is 2. The zero-order valence-electron chi connectivity index (χ0n) is 11.7. The van der Waals surface area contributed by atoms with Gasteiger partial charge in [-0.05, 0) is 18.3 Å². The number of carbonyl (C=O) groups is 1. The van der Waals surface area contributed by atoms with E-state index in [9.17, 15) is 4.79 Å². The Hall–Kier alpha value is -1.90. The Morgan fingerprint density at radius 3 is 2.55 bits per heavy atom. The lowest BCUT2D eigenvalue weighted by Crippen LogP contribution is -2.54. The van der Waals surface area contributed by atoms with Crippen LogP contribution in [0.15, 0.2) is 29.4 Å². The maximum atomic E-state index is 11.3. The van der Waals surface area contributed by atoms with Crippen molar-refractivity contribution in [3.8, 4) is 0 Å². The number of amides is 2. The number of urea groups is 1. The summed E-state index contributed by atoms with van der Waals surface area (Å²) in [5, 5.41) is 13.8. The number of carbonyl (C=O) groups excluding carboxylic acids is 1. The summed E-state index contributed by atoms with van der Waals surface area (Å²) in [6, 6.07) is 6.85. The Morgan fingerprint density at radius 1 is 1.27 bits per heavy atom. The lowest BCUT2D eigenvalue weighted by molar-refractivity contribution is 0.115. The average Bonchev–Trinajstić information content (AvgIpc) is 2.56. The minimum Gasteiger partial charge on any atom is -0.344 e. The number of benzene rings is 1. The molecule has 1 aliphatic rings. The van der Waals surface area contributed by atoms with Crippen molar-refractivity contribution in [3.63, 3.8) is 0 Å². The number of hydrogen-bond acceptors (Lipinski definition) is 4. The number of piperazine rings is 1. The Morgan fingerprint density at radius 2 is 1.91 bits per heavy atom. The van der Waals surface area contributed by atoms with Crippen LogP contribution < -0.4 is 10.9 Å². The van der Waals surface area contributed by atoms with Crippen molar-refractivity contribution in [3.05, 3.63) is 34.9 Å². The monoisotopic (exact) mass is 341 g/mol. The predicted molar refractivity (Wildman–Crippen MR) is 88.2 cm³/mol. The second-order valence-electron chi connectivity index (χ2n) is 4.59. The minimum absolute atomic E-state index is 0.475. The highest BCUT2D eigenvalue weighted by molar-refractivity contribution is 7.80. The van der Waals surface area contributed by atoms with E-state index in [2.05, 4.69) is 10.5 Å². The van der Waals surface area contributed by atoms with E-state index < -0.39 is 6.03 Å². The highest BCUT2D eigenvalue weighted by atomic mass is 35.5. The van der Waals surface area contributed by atoms with Crippen molar-refractivity contribution in [1.82, 2.24) is 20.7 Å². The summed E-state index contributed by atoms with van der Waals surface area (Å²) in [4.78, 5) is 14.7. The molecule has 1 aromatic carbocycles. The van der Waals surface area contributed by atoms with Crippen molar-refractivity contribution >= 4 is 41.2 Å². The molecule has 9 heteroatoms. The minimum atomic E-state index is -0.504. The molecule has 0 aliphatic carbocycles. The molecule has 0 radical (unpaired) electrons. The van der Waals surface area contributed by atoms with Crippen LogP contribution in [0.2, 0.25) is 5.02 Å². The first-order chi connectivity index (χ1) is 10.6. The van der Waals surface area contributed by atoms with Crippen molar-refractivity contribution in [2.75, 3.05) is 26.2 Å². The number of rotatable bonds is 2. The molecule has 0 saturated carbocycles. The molecular formula is C13H16ClN5O2S. The zero-order valence-corrected chi connectivity index (χ0v) is 13.3. The van der Waals surface area contributed by atoms with Gasteiger partial charge in [-0.1, -0.05) is 29.8 Å². The molecule has 1 saturated heterocycles. The van der Waals surface area contributed by atoms with Crippen molar-refractivity contribution < 1.29 is 10.0 Å². The zero-order chi connectivity index (χ0) is 15.9. The fourth-order valence-electron chi connectivity index (χ4n) is 1.99. The van der Waals surface area contributed by atoms with Crippen LogP contribution in [-0.4, -0.2) is 58.5 Å². The maximum Gasteiger partial charge on any atom is 0.341 e. The predicted octanol–water partition coefficient (Wildman–Crippen LogP) is 1.26. The Kier molecular flexibility index (Phi) is 5.93. The van der Waals surface area contributed by atoms with Gasteiger partial charge in [0.15, 0.2) is 5.11 Å².